The molecule has 2 saturated heterocycles. The summed E-state index contributed by atoms with van der Waals surface area (Å²) in [5, 5.41) is 3.72. The highest BCUT2D eigenvalue weighted by Crippen LogP contribution is 2.19. The van der Waals surface area contributed by atoms with Crippen molar-refractivity contribution in [2.75, 3.05) is 31.1 Å². The van der Waals surface area contributed by atoms with Crippen LogP contribution in [0.4, 0.5) is 0 Å². The van der Waals surface area contributed by atoms with Crippen molar-refractivity contribution in [3.8, 4) is 0 Å². The predicted molar refractivity (Wildman–Crippen MR) is 54.8 cm³/mol. The summed E-state index contributed by atoms with van der Waals surface area (Å²) in [6, 6.07) is 1.62. The Balaban J connectivity index is 1.62. The minimum absolute atomic E-state index is 0.800. The van der Waals surface area contributed by atoms with E-state index in [0.717, 1.165) is 12.1 Å². The largest absolute Gasteiger partial charge is 0.308 e. The molecule has 0 aromatic heterocycles. The quantitative estimate of drug-likeness (QED) is 0.701. The molecule has 0 aromatic carbocycles. The average Bonchev–Trinajstić information content (AvgIpc) is 2.47. The number of thioether (sulfide) groups is 1. The summed E-state index contributed by atoms with van der Waals surface area (Å²) in [6.07, 6.45) is 1.38. The van der Waals surface area contributed by atoms with Crippen LogP contribution < -0.4 is 5.32 Å². The van der Waals surface area contributed by atoms with Gasteiger partial charge in [0.1, 0.15) is 0 Å². The first-order valence-corrected chi connectivity index (χ1v) is 6.10. The smallest absolute Gasteiger partial charge is 0.0325 e. The van der Waals surface area contributed by atoms with Gasteiger partial charge in [0.05, 0.1) is 0 Å². The van der Waals surface area contributed by atoms with E-state index in [1.165, 1.54) is 37.6 Å². The molecule has 2 aliphatic heterocycles. The molecule has 2 rings (SSSR count). The maximum atomic E-state index is 3.72. The van der Waals surface area contributed by atoms with E-state index in [-0.39, 0.29) is 0 Å². The van der Waals surface area contributed by atoms with E-state index >= 15 is 0 Å². The van der Waals surface area contributed by atoms with Crippen molar-refractivity contribution < 1.29 is 0 Å². The van der Waals surface area contributed by atoms with Gasteiger partial charge in [-0.3, -0.25) is 0 Å². The van der Waals surface area contributed by atoms with Gasteiger partial charge < -0.3 is 10.2 Å². The minimum atomic E-state index is 0.800. The van der Waals surface area contributed by atoms with E-state index in [2.05, 4.69) is 28.9 Å². The fraction of sp³-hybridized carbons (Fsp3) is 1.00. The second-order valence-corrected chi connectivity index (χ2v) is 4.93. The van der Waals surface area contributed by atoms with E-state index in [4.69, 9.17) is 0 Å². The van der Waals surface area contributed by atoms with Gasteiger partial charge >= 0.3 is 0 Å². The molecule has 2 nitrogen and oxygen atoms in total. The Hall–Kier alpha value is 0.270. The molecule has 1 atom stereocenters. The van der Waals surface area contributed by atoms with Crippen molar-refractivity contribution in [1.82, 2.24) is 10.2 Å². The zero-order valence-electron chi connectivity index (χ0n) is 7.75. The van der Waals surface area contributed by atoms with Crippen LogP contribution in [0.3, 0.4) is 0 Å². The van der Waals surface area contributed by atoms with E-state index in [9.17, 15) is 0 Å². The monoisotopic (exact) mass is 186 g/mol. The molecule has 1 unspecified atom stereocenters. The summed E-state index contributed by atoms with van der Waals surface area (Å²) in [7, 11) is 0. The number of rotatable bonds is 3. The van der Waals surface area contributed by atoms with Crippen molar-refractivity contribution in [1.29, 1.82) is 0 Å². The van der Waals surface area contributed by atoms with Gasteiger partial charge in [0.2, 0.25) is 0 Å². The molecule has 2 aliphatic rings. The van der Waals surface area contributed by atoms with Crippen molar-refractivity contribution in [2.45, 2.75) is 25.4 Å². The Labute approximate surface area is 79.1 Å². The van der Waals surface area contributed by atoms with Crippen LogP contribution in [-0.4, -0.2) is 48.1 Å². The molecule has 0 aliphatic carbocycles. The lowest BCUT2D eigenvalue weighted by Crippen LogP contribution is -2.59. The Bertz CT molecular complexity index is 139. The van der Waals surface area contributed by atoms with Crippen LogP contribution in [0.2, 0.25) is 0 Å². The molecule has 0 amide bonds. The summed E-state index contributed by atoms with van der Waals surface area (Å²) >= 11 is 2.09. The molecule has 0 saturated carbocycles. The standard InChI is InChI=1S/C9H18N2S/c1-2-11-5-9(6-11)10-8-3-4-12-7-8/h8-10H,2-7H2,1H3. The number of likely N-dealkylation sites (N-methyl/N-ethyl adjacent to an activating group) is 1. The van der Waals surface area contributed by atoms with Gasteiger partial charge in [-0.15, -0.1) is 0 Å². The summed E-state index contributed by atoms with van der Waals surface area (Å²) in [6.45, 7) is 6.01. The molecule has 0 spiro atoms. The van der Waals surface area contributed by atoms with Gasteiger partial charge in [0, 0.05) is 30.9 Å². The molecular formula is C9H18N2S. The molecule has 12 heavy (non-hydrogen) atoms. The fourth-order valence-electron chi connectivity index (χ4n) is 1.93. The van der Waals surface area contributed by atoms with Gasteiger partial charge in [-0.25, -0.2) is 0 Å². The molecule has 1 N–H and O–H groups in total. The lowest BCUT2D eigenvalue weighted by molar-refractivity contribution is 0.127. The second-order valence-electron chi connectivity index (χ2n) is 3.78. The highest BCUT2D eigenvalue weighted by Gasteiger charge is 2.28. The van der Waals surface area contributed by atoms with Crippen LogP contribution in [0.1, 0.15) is 13.3 Å². The van der Waals surface area contributed by atoms with Gasteiger partial charge in [0.15, 0.2) is 0 Å². The van der Waals surface area contributed by atoms with Crippen LogP contribution in [0.25, 0.3) is 0 Å². The SMILES string of the molecule is CCN1CC(NC2CCSC2)C1. The summed E-state index contributed by atoms with van der Waals surface area (Å²) in [5.74, 6) is 2.70. The maximum Gasteiger partial charge on any atom is 0.0325 e. The first kappa shape index (κ1) is 8.85. The number of hydrogen-bond donors (Lipinski definition) is 1. The van der Waals surface area contributed by atoms with E-state index < -0.39 is 0 Å². The first-order valence-electron chi connectivity index (χ1n) is 4.94. The zero-order chi connectivity index (χ0) is 8.39. The third kappa shape index (κ3) is 1.95. The van der Waals surface area contributed by atoms with Gasteiger partial charge in [-0.05, 0) is 18.7 Å². The number of nitrogens with zero attached hydrogens (tertiary/aromatic N) is 1. The maximum absolute atomic E-state index is 3.72. The van der Waals surface area contributed by atoms with Gasteiger partial charge in [-0.2, -0.15) is 11.8 Å². The highest BCUT2D eigenvalue weighted by molar-refractivity contribution is 7.99. The molecule has 3 heteroatoms. The Morgan fingerprint density at radius 2 is 2.25 bits per heavy atom. The molecule has 0 bridgehead atoms. The number of nitrogens with one attached hydrogen (secondary N) is 1. The lowest BCUT2D eigenvalue weighted by atomic mass is 10.1. The topological polar surface area (TPSA) is 15.3 Å². The van der Waals surface area contributed by atoms with Crippen LogP contribution in [0.15, 0.2) is 0 Å². The van der Waals surface area contributed by atoms with Crippen molar-refractivity contribution in [3.05, 3.63) is 0 Å². The van der Waals surface area contributed by atoms with Crippen LogP contribution in [-0.2, 0) is 0 Å². The number of hydrogen-bond acceptors (Lipinski definition) is 3. The van der Waals surface area contributed by atoms with Gasteiger partial charge in [0.25, 0.3) is 0 Å². The lowest BCUT2D eigenvalue weighted by Gasteiger charge is -2.40. The fourth-order valence-corrected chi connectivity index (χ4v) is 3.10. The van der Waals surface area contributed by atoms with E-state index in [1.54, 1.807) is 0 Å². The van der Waals surface area contributed by atoms with E-state index in [0.29, 0.717) is 0 Å². The first-order chi connectivity index (χ1) is 5.88. The van der Waals surface area contributed by atoms with Crippen LogP contribution in [0, 0.1) is 0 Å². The molecule has 0 aromatic rings. The van der Waals surface area contributed by atoms with E-state index in [1.807, 2.05) is 0 Å². The minimum Gasteiger partial charge on any atom is -0.308 e. The summed E-state index contributed by atoms with van der Waals surface area (Å²) < 4.78 is 0. The van der Waals surface area contributed by atoms with Gasteiger partial charge in [-0.1, -0.05) is 6.92 Å². The second kappa shape index (κ2) is 3.99. The van der Waals surface area contributed by atoms with Crippen LogP contribution in [0.5, 0.6) is 0 Å². The molecule has 0 radical (unpaired) electrons. The highest BCUT2D eigenvalue weighted by atomic mass is 32.2. The number of likely N-dealkylation sites (tertiary alicyclic amines) is 1. The molecule has 2 fully saturated rings. The summed E-state index contributed by atoms with van der Waals surface area (Å²) in [5.41, 5.74) is 0. The van der Waals surface area contributed by atoms with Crippen molar-refractivity contribution >= 4 is 11.8 Å². The molecule has 2 heterocycles. The van der Waals surface area contributed by atoms with Crippen LogP contribution >= 0.6 is 11.8 Å². The third-order valence-corrected chi connectivity index (χ3v) is 3.97. The normalized spacial score (nSPS) is 32.2. The predicted octanol–water partition coefficient (Wildman–Crippen LogP) is 0.786. The zero-order valence-corrected chi connectivity index (χ0v) is 8.57. The Morgan fingerprint density at radius 1 is 1.42 bits per heavy atom. The molecular weight excluding hydrogens is 168 g/mol. The van der Waals surface area contributed by atoms with Crippen molar-refractivity contribution in [2.24, 2.45) is 0 Å². The van der Waals surface area contributed by atoms with Crippen molar-refractivity contribution in [3.63, 3.8) is 0 Å². The Kier molecular flexibility index (Phi) is 2.94. The average molecular weight is 186 g/mol. The summed E-state index contributed by atoms with van der Waals surface area (Å²) in [4.78, 5) is 2.49. The molecule has 70 valence electrons. The Morgan fingerprint density at radius 3 is 2.83 bits per heavy atom. The third-order valence-electron chi connectivity index (χ3n) is 2.81.